The van der Waals surface area contributed by atoms with Crippen LogP contribution in [0.5, 0.6) is 0 Å². The minimum absolute atomic E-state index is 0.0706. The molecule has 0 radical (unpaired) electrons. The molecule has 0 saturated heterocycles. The lowest BCUT2D eigenvalue weighted by molar-refractivity contribution is 0.280. The summed E-state index contributed by atoms with van der Waals surface area (Å²) < 4.78 is 0. The molecule has 0 fully saturated rings. The van der Waals surface area contributed by atoms with Crippen molar-refractivity contribution in [2.45, 2.75) is 39.7 Å². The van der Waals surface area contributed by atoms with Crippen molar-refractivity contribution in [3.8, 4) is 0 Å². The van der Waals surface area contributed by atoms with Gasteiger partial charge in [0.2, 0.25) is 0 Å². The summed E-state index contributed by atoms with van der Waals surface area (Å²) in [5, 5.41) is 16.1. The lowest BCUT2D eigenvalue weighted by atomic mass is 9.90. The molecular formula is C36H36OP2. The molecule has 0 heterocycles. The van der Waals surface area contributed by atoms with Gasteiger partial charge in [0.05, 0.1) is 6.61 Å². The fraction of sp³-hybridized carbons (Fsp3) is 0.167. The largest absolute Gasteiger partial charge is 0.392 e. The number of hydrogen-bond donors (Lipinski definition) is 1. The Kier molecular flexibility index (Phi) is 9.06. The Bertz CT molecular complexity index is 1310. The van der Waals surface area contributed by atoms with Gasteiger partial charge in [0.1, 0.15) is 0 Å². The quantitative estimate of drug-likeness (QED) is 0.192. The van der Waals surface area contributed by atoms with Crippen molar-refractivity contribution in [3.63, 3.8) is 0 Å². The van der Waals surface area contributed by atoms with Gasteiger partial charge in [-0.25, -0.2) is 0 Å². The average molecular weight is 547 g/mol. The maximum Gasteiger partial charge on any atom is 0.0687 e. The van der Waals surface area contributed by atoms with Gasteiger partial charge in [0, 0.05) is 12.3 Å². The van der Waals surface area contributed by atoms with Crippen LogP contribution in [-0.4, -0.2) is 5.11 Å². The molecule has 0 spiro atoms. The van der Waals surface area contributed by atoms with Crippen LogP contribution in [0.25, 0.3) is 0 Å². The molecule has 5 aromatic rings. The Morgan fingerprint density at radius 3 is 0.923 bits per heavy atom. The third-order valence-corrected chi connectivity index (χ3v) is 12.7. The number of benzene rings is 5. The summed E-state index contributed by atoms with van der Waals surface area (Å²) in [6.07, 6.45) is 1.94. The van der Waals surface area contributed by atoms with E-state index in [2.05, 4.69) is 142 Å². The molecule has 0 aliphatic carbocycles. The Labute approximate surface area is 236 Å². The van der Waals surface area contributed by atoms with Crippen molar-refractivity contribution in [1.29, 1.82) is 0 Å². The molecule has 0 saturated carbocycles. The first kappa shape index (κ1) is 27.5. The van der Waals surface area contributed by atoms with E-state index in [1.165, 1.54) is 49.0 Å². The average Bonchev–Trinajstić information content (AvgIpc) is 2.99. The summed E-state index contributed by atoms with van der Waals surface area (Å²) in [5.74, 6) is 0. The first-order valence-corrected chi connectivity index (χ1v) is 16.6. The van der Waals surface area contributed by atoms with E-state index in [9.17, 15) is 5.11 Å². The molecule has 0 aliphatic rings. The van der Waals surface area contributed by atoms with E-state index in [-0.39, 0.29) is 6.61 Å². The number of hydrogen-bond acceptors (Lipinski definition) is 1. The molecule has 0 unspecified atom stereocenters. The molecule has 0 bridgehead atoms. The molecular weight excluding hydrogens is 510 g/mol. The van der Waals surface area contributed by atoms with E-state index in [4.69, 9.17) is 0 Å². The predicted molar refractivity (Wildman–Crippen MR) is 172 cm³/mol. The molecule has 39 heavy (non-hydrogen) atoms. The SMILES string of the molecule is Cc1c(CO)c(C)c(CP(c2ccccc2)c2ccccc2)c(C)c1CP(c1ccccc1)c1ccccc1. The third kappa shape index (κ3) is 6.08. The van der Waals surface area contributed by atoms with Crippen LogP contribution in [0.2, 0.25) is 0 Å². The second kappa shape index (κ2) is 12.8. The Morgan fingerprint density at radius 2 is 0.667 bits per heavy atom. The highest BCUT2D eigenvalue weighted by Crippen LogP contribution is 2.45. The smallest absolute Gasteiger partial charge is 0.0687 e. The molecule has 1 N–H and O–H groups in total. The molecule has 5 aromatic carbocycles. The van der Waals surface area contributed by atoms with Crippen LogP contribution < -0.4 is 21.2 Å². The Balaban J connectivity index is 1.63. The zero-order chi connectivity index (χ0) is 27.2. The van der Waals surface area contributed by atoms with Crippen molar-refractivity contribution in [2.75, 3.05) is 0 Å². The maximum absolute atomic E-state index is 10.6. The zero-order valence-corrected chi connectivity index (χ0v) is 24.8. The summed E-state index contributed by atoms with van der Waals surface area (Å²) in [7, 11) is -1.17. The van der Waals surface area contributed by atoms with E-state index in [1.54, 1.807) is 0 Å². The summed E-state index contributed by atoms with van der Waals surface area (Å²) in [5.41, 5.74) is 7.78. The van der Waals surface area contributed by atoms with Gasteiger partial charge in [-0.15, -0.1) is 0 Å². The van der Waals surface area contributed by atoms with Gasteiger partial charge in [0.25, 0.3) is 0 Å². The fourth-order valence-corrected chi connectivity index (χ4v) is 10.5. The van der Waals surface area contributed by atoms with Gasteiger partial charge in [-0.2, -0.15) is 0 Å². The van der Waals surface area contributed by atoms with Crippen molar-refractivity contribution in [3.05, 3.63) is 155 Å². The molecule has 0 atom stereocenters. The lowest BCUT2D eigenvalue weighted by Gasteiger charge is -2.28. The summed E-state index contributed by atoms with van der Waals surface area (Å²) in [4.78, 5) is 0. The van der Waals surface area contributed by atoms with Crippen molar-refractivity contribution in [2.24, 2.45) is 0 Å². The zero-order valence-electron chi connectivity index (χ0n) is 23.0. The Morgan fingerprint density at radius 1 is 0.410 bits per heavy atom. The van der Waals surface area contributed by atoms with Gasteiger partial charge in [-0.05, 0) is 91.2 Å². The van der Waals surface area contributed by atoms with E-state index >= 15 is 0 Å². The number of rotatable bonds is 9. The molecule has 5 rings (SSSR count). The van der Waals surface area contributed by atoms with E-state index in [0.717, 1.165) is 17.9 Å². The predicted octanol–water partition coefficient (Wildman–Crippen LogP) is 7.37. The minimum Gasteiger partial charge on any atom is -0.392 e. The van der Waals surface area contributed by atoms with Crippen LogP contribution >= 0.6 is 15.8 Å². The van der Waals surface area contributed by atoms with Crippen LogP contribution in [0.3, 0.4) is 0 Å². The number of aliphatic hydroxyl groups excluding tert-OH is 1. The molecule has 1 nitrogen and oxygen atoms in total. The van der Waals surface area contributed by atoms with Gasteiger partial charge in [-0.3, -0.25) is 0 Å². The Hall–Kier alpha value is -3.08. The topological polar surface area (TPSA) is 20.2 Å². The fourth-order valence-electron chi connectivity index (χ4n) is 5.51. The normalized spacial score (nSPS) is 11.3. The summed E-state index contributed by atoms with van der Waals surface area (Å²) in [6, 6.07) is 43.8. The summed E-state index contributed by atoms with van der Waals surface area (Å²) in [6.45, 7) is 6.82. The maximum atomic E-state index is 10.6. The van der Waals surface area contributed by atoms with Crippen LogP contribution in [0.15, 0.2) is 121 Å². The van der Waals surface area contributed by atoms with Crippen molar-refractivity contribution >= 4 is 37.1 Å². The second-order valence-electron chi connectivity index (χ2n) is 9.98. The van der Waals surface area contributed by atoms with Crippen LogP contribution in [0.4, 0.5) is 0 Å². The summed E-state index contributed by atoms with van der Waals surface area (Å²) >= 11 is 0. The first-order valence-electron chi connectivity index (χ1n) is 13.5. The second-order valence-corrected chi connectivity index (χ2v) is 14.4. The molecule has 3 heteroatoms. The monoisotopic (exact) mass is 546 g/mol. The van der Waals surface area contributed by atoms with E-state index in [0.29, 0.717) is 0 Å². The van der Waals surface area contributed by atoms with Gasteiger partial charge in [-0.1, -0.05) is 121 Å². The van der Waals surface area contributed by atoms with Gasteiger partial charge in [0.15, 0.2) is 0 Å². The third-order valence-electron chi connectivity index (χ3n) is 7.78. The van der Waals surface area contributed by atoms with Crippen molar-refractivity contribution in [1.82, 2.24) is 0 Å². The highest BCUT2D eigenvalue weighted by Gasteiger charge is 2.24. The molecule has 0 aromatic heterocycles. The van der Waals surface area contributed by atoms with Crippen LogP contribution in [0.1, 0.15) is 33.4 Å². The standard InChI is InChI=1S/C36H36OP2/c1-27-34(24-37)28(2)36(26-39(32-20-12-6-13-21-32)33-22-14-7-15-23-33)29(3)35(27)25-38(30-16-8-4-9-17-30)31-18-10-5-11-19-31/h4-23,37H,24-26H2,1-3H3. The van der Waals surface area contributed by atoms with Crippen molar-refractivity contribution < 1.29 is 5.11 Å². The highest BCUT2D eigenvalue weighted by molar-refractivity contribution is 7.72. The van der Waals surface area contributed by atoms with Gasteiger partial charge >= 0.3 is 0 Å². The van der Waals surface area contributed by atoms with Crippen LogP contribution in [-0.2, 0) is 18.9 Å². The van der Waals surface area contributed by atoms with E-state index in [1.807, 2.05) is 0 Å². The van der Waals surface area contributed by atoms with Gasteiger partial charge < -0.3 is 5.11 Å². The van der Waals surface area contributed by atoms with Crippen LogP contribution in [0, 0.1) is 20.8 Å². The highest BCUT2D eigenvalue weighted by atomic mass is 31.1. The molecule has 0 amide bonds. The molecule has 0 aliphatic heterocycles. The number of aliphatic hydroxyl groups is 1. The minimum atomic E-state index is -0.583. The molecule has 196 valence electrons. The first-order chi connectivity index (χ1) is 19.1. The van der Waals surface area contributed by atoms with E-state index < -0.39 is 15.8 Å². The lowest BCUT2D eigenvalue weighted by Crippen LogP contribution is -2.17.